The molecular formula is C23H23ClF2N4O3. The predicted molar refractivity (Wildman–Crippen MR) is 120 cm³/mol. The fourth-order valence-corrected chi connectivity index (χ4v) is 3.35. The number of hydrogen-bond acceptors (Lipinski definition) is 4. The lowest BCUT2D eigenvalue weighted by Gasteiger charge is -2.16. The highest BCUT2D eigenvalue weighted by Crippen LogP contribution is 2.22. The van der Waals surface area contributed by atoms with Crippen molar-refractivity contribution in [2.24, 2.45) is 0 Å². The molecule has 1 heterocycles. The lowest BCUT2D eigenvalue weighted by molar-refractivity contribution is -0.132. The summed E-state index contributed by atoms with van der Waals surface area (Å²) >= 11 is 5.80. The molecule has 7 nitrogen and oxygen atoms in total. The van der Waals surface area contributed by atoms with Gasteiger partial charge in [0.2, 0.25) is 5.91 Å². The van der Waals surface area contributed by atoms with Gasteiger partial charge in [0.05, 0.1) is 0 Å². The smallest absolute Gasteiger partial charge is 0.254 e. The van der Waals surface area contributed by atoms with Crippen molar-refractivity contribution in [3.63, 3.8) is 0 Å². The fourth-order valence-electron chi connectivity index (χ4n) is 3.23. The maximum Gasteiger partial charge on any atom is 0.254 e. The number of aliphatic hydroxyl groups excluding tert-OH is 1. The monoisotopic (exact) mass is 476 g/mol. The van der Waals surface area contributed by atoms with E-state index in [1.165, 1.54) is 31.2 Å². The number of rotatable bonds is 8. The molecule has 174 valence electrons. The molecule has 1 aromatic heterocycles. The molecule has 0 saturated carbocycles. The zero-order valence-corrected chi connectivity index (χ0v) is 18.7. The number of halogens is 3. The summed E-state index contributed by atoms with van der Waals surface area (Å²) in [6.07, 6.45) is -1.05. The van der Waals surface area contributed by atoms with Gasteiger partial charge < -0.3 is 15.7 Å². The van der Waals surface area contributed by atoms with Crippen LogP contribution in [0.4, 0.5) is 14.6 Å². The second-order valence-electron chi connectivity index (χ2n) is 7.76. The molecule has 0 aliphatic rings. The van der Waals surface area contributed by atoms with Crippen molar-refractivity contribution in [2.45, 2.75) is 38.3 Å². The van der Waals surface area contributed by atoms with E-state index in [1.807, 2.05) is 6.92 Å². The number of anilines is 1. The highest BCUT2D eigenvalue weighted by Gasteiger charge is 2.23. The number of nitrogens with one attached hydrogen (secondary N) is 3. The Morgan fingerprint density at radius 1 is 1.03 bits per heavy atom. The van der Waals surface area contributed by atoms with E-state index in [0.717, 1.165) is 6.07 Å². The molecule has 0 saturated heterocycles. The zero-order chi connectivity index (χ0) is 24.1. The van der Waals surface area contributed by atoms with Crippen LogP contribution in [0.5, 0.6) is 0 Å². The van der Waals surface area contributed by atoms with E-state index >= 15 is 0 Å². The van der Waals surface area contributed by atoms with Gasteiger partial charge in [-0.1, -0.05) is 30.7 Å². The van der Waals surface area contributed by atoms with Gasteiger partial charge in [-0.05, 0) is 54.7 Å². The molecule has 0 spiro atoms. The van der Waals surface area contributed by atoms with Crippen LogP contribution < -0.4 is 10.6 Å². The molecular weight excluding hydrogens is 454 g/mol. The molecule has 33 heavy (non-hydrogen) atoms. The van der Waals surface area contributed by atoms with Crippen LogP contribution >= 0.6 is 11.6 Å². The molecule has 0 aliphatic carbocycles. The molecule has 3 unspecified atom stereocenters. The Morgan fingerprint density at radius 2 is 1.67 bits per heavy atom. The first-order valence-corrected chi connectivity index (χ1v) is 10.5. The topological polar surface area (TPSA) is 107 Å². The molecule has 3 rings (SSSR count). The van der Waals surface area contributed by atoms with Crippen molar-refractivity contribution < 1.29 is 23.5 Å². The van der Waals surface area contributed by atoms with Crippen molar-refractivity contribution in [1.29, 1.82) is 0 Å². The lowest BCUT2D eigenvalue weighted by Crippen LogP contribution is -2.43. The van der Waals surface area contributed by atoms with Crippen molar-refractivity contribution in [2.75, 3.05) is 5.32 Å². The van der Waals surface area contributed by atoms with Crippen molar-refractivity contribution in [1.82, 2.24) is 15.5 Å². The van der Waals surface area contributed by atoms with Gasteiger partial charge in [-0.2, -0.15) is 5.10 Å². The number of amides is 2. The van der Waals surface area contributed by atoms with Gasteiger partial charge in [0.25, 0.3) is 5.91 Å². The van der Waals surface area contributed by atoms with Gasteiger partial charge in [0, 0.05) is 22.8 Å². The van der Waals surface area contributed by atoms with E-state index < -0.39 is 35.6 Å². The van der Waals surface area contributed by atoms with Crippen LogP contribution in [-0.2, 0) is 16.0 Å². The van der Waals surface area contributed by atoms with E-state index in [-0.39, 0.29) is 11.7 Å². The normalized spacial score (nSPS) is 13.8. The van der Waals surface area contributed by atoms with Gasteiger partial charge in [-0.25, -0.2) is 8.78 Å². The maximum absolute atomic E-state index is 13.4. The van der Waals surface area contributed by atoms with Gasteiger partial charge >= 0.3 is 0 Å². The van der Waals surface area contributed by atoms with Crippen LogP contribution in [0.15, 0.2) is 48.5 Å². The molecule has 0 aliphatic heterocycles. The second kappa shape index (κ2) is 10.5. The van der Waals surface area contributed by atoms with Gasteiger partial charge in [-0.3, -0.25) is 14.7 Å². The summed E-state index contributed by atoms with van der Waals surface area (Å²) in [4.78, 5) is 24.7. The Kier molecular flexibility index (Phi) is 7.78. The molecule has 2 amide bonds. The average Bonchev–Trinajstić information content (AvgIpc) is 3.19. The summed E-state index contributed by atoms with van der Waals surface area (Å²) in [6.45, 7) is 3.28. The highest BCUT2D eigenvalue weighted by molar-refractivity contribution is 6.30. The van der Waals surface area contributed by atoms with Crippen LogP contribution in [0.1, 0.15) is 42.7 Å². The first-order chi connectivity index (χ1) is 15.6. The minimum absolute atomic E-state index is 0.202. The van der Waals surface area contributed by atoms with Crippen LogP contribution in [0.25, 0.3) is 0 Å². The van der Waals surface area contributed by atoms with E-state index in [2.05, 4.69) is 20.8 Å². The summed E-state index contributed by atoms with van der Waals surface area (Å²) in [5.41, 5.74) is 1.49. The third-order valence-electron chi connectivity index (χ3n) is 5.05. The minimum Gasteiger partial charge on any atom is -0.378 e. The number of aromatic amines is 1. The Bertz CT molecular complexity index is 1120. The number of aromatic nitrogens is 2. The van der Waals surface area contributed by atoms with Crippen molar-refractivity contribution in [3.8, 4) is 0 Å². The minimum atomic E-state index is -1.45. The zero-order valence-electron chi connectivity index (χ0n) is 17.9. The summed E-state index contributed by atoms with van der Waals surface area (Å²) in [5, 5.41) is 22.4. The number of aliphatic hydroxyl groups is 1. The number of carbonyl (C=O) groups excluding carboxylic acids is 2. The summed E-state index contributed by atoms with van der Waals surface area (Å²) < 4.78 is 26.9. The molecule has 2 aromatic carbocycles. The van der Waals surface area contributed by atoms with E-state index in [0.29, 0.717) is 28.3 Å². The van der Waals surface area contributed by atoms with E-state index in [4.69, 9.17) is 11.6 Å². The van der Waals surface area contributed by atoms with Crippen LogP contribution in [0.2, 0.25) is 5.02 Å². The Hall–Kier alpha value is -3.30. The standard InChI is InChI=1S/C23H23ClF2N4O3/c1-12(15-8-17(25)10-18(26)9-15)7-19-11-20(30-29-19)28-22(32)13(2)27-23(33)21(31)14-3-5-16(24)6-4-14/h3-6,8-13,21,31H,7H2,1-2H3,(H,27,33)(H2,28,29,30,32). The highest BCUT2D eigenvalue weighted by atomic mass is 35.5. The first-order valence-electron chi connectivity index (χ1n) is 10.2. The van der Waals surface area contributed by atoms with Gasteiger partial charge in [0.1, 0.15) is 17.7 Å². The molecule has 0 radical (unpaired) electrons. The Labute approximate surface area is 194 Å². The number of nitrogens with zero attached hydrogens (tertiary/aromatic N) is 1. The first kappa shape index (κ1) is 24.3. The Morgan fingerprint density at radius 3 is 2.30 bits per heavy atom. The van der Waals surface area contributed by atoms with Gasteiger partial charge in [0.15, 0.2) is 11.9 Å². The number of carbonyl (C=O) groups is 2. The number of benzene rings is 2. The summed E-state index contributed by atoms with van der Waals surface area (Å²) in [7, 11) is 0. The van der Waals surface area contributed by atoms with Crippen molar-refractivity contribution >= 4 is 29.2 Å². The average molecular weight is 477 g/mol. The third-order valence-corrected chi connectivity index (χ3v) is 5.30. The van der Waals surface area contributed by atoms with Crippen LogP contribution in [0, 0.1) is 11.6 Å². The quantitative estimate of drug-likeness (QED) is 0.396. The van der Waals surface area contributed by atoms with E-state index in [1.54, 1.807) is 18.2 Å². The molecule has 0 bridgehead atoms. The van der Waals surface area contributed by atoms with Crippen molar-refractivity contribution in [3.05, 3.63) is 82.0 Å². The summed E-state index contributed by atoms with van der Waals surface area (Å²) in [5.74, 6) is -2.54. The third kappa shape index (κ3) is 6.59. The number of hydrogen-bond donors (Lipinski definition) is 4. The SMILES string of the molecule is CC(NC(=O)C(O)c1ccc(Cl)cc1)C(=O)Nc1cc(CC(C)c2cc(F)cc(F)c2)[nH]n1. The maximum atomic E-state index is 13.4. The van der Waals surface area contributed by atoms with E-state index in [9.17, 15) is 23.5 Å². The van der Waals surface area contributed by atoms with Crippen LogP contribution in [-0.4, -0.2) is 33.2 Å². The second-order valence-corrected chi connectivity index (χ2v) is 8.20. The predicted octanol–water partition coefficient (Wildman–Crippen LogP) is 3.86. The molecule has 3 aromatic rings. The molecule has 10 heteroatoms. The molecule has 0 fully saturated rings. The largest absolute Gasteiger partial charge is 0.378 e. The molecule has 4 N–H and O–H groups in total. The van der Waals surface area contributed by atoms with Gasteiger partial charge in [-0.15, -0.1) is 0 Å². The summed E-state index contributed by atoms with van der Waals surface area (Å²) in [6, 6.07) is 10.1. The van der Waals surface area contributed by atoms with Crippen LogP contribution in [0.3, 0.4) is 0 Å². The Balaban J connectivity index is 1.55. The lowest BCUT2D eigenvalue weighted by atomic mass is 9.96. The fraction of sp³-hybridized carbons (Fsp3) is 0.261. The number of H-pyrrole nitrogens is 1. The molecule has 3 atom stereocenters.